The summed E-state index contributed by atoms with van der Waals surface area (Å²) in [5.74, 6) is -0.742. The molecule has 1 aromatic rings. The second kappa shape index (κ2) is 9.50. The normalized spacial score (nSPS) is 19.4. The molecule has 1 atom stereocenters. The van der Waals surface area contributed by atoms with Gasteiger partial charge in [0.15, 0.2) is 0 Å². The predicted molar refractivity (Wildman–Crippen MR) is 84.2 cm³/mol. The molecule has 1 fully saturated rings. The maximum atomic E-state index is 12.1. The number of methoxy groups -OCH3 is 1. The van der Waals surface area contributed by atoms with Crippen molar-refractivity contribution in [3.05, 3.63) is 23.7 Å². The summed E-state index contributed by atoms with van der Waals surface area (Å²) in [5, 5.41) is 3.40. The molecule has 1 unspecified atom stereocenters. The van der Waals surface area contributed by atoms with E-state index in [2.05, 4.69) is 10.2 Å². The van der Waals surface area contributed by atoms with E-state index in [1.54, 1.807) is 13.2 Å². The van der Waals surface area contributed by atoms with Crippen molar-refractivity contribution in [2.24, 2.45) is 0 Å². The largest absolute Gasteiger partial charge is 0.464 e. The Balaban J connectivity index is 1.67. The molecule has 0 saturated carbocycles. The number of alkyl halides is 2. The molecule has 2 heterocycles. The van der Waals surface area contributed by atoms with Gasteiger partial charge in [-0.1, -0.05) is 11.8 Å². The number of thioether (sulfide) groups is 1. The first-order chi connectivity index (χ1) is 10.7. The highest BCUT2D eigenvalue weighted by Gasteiger charge is 2.23. The quantitative estimate of drug-likeness (QED) is 0.712. The fourth-order valence-corrected chi connectivity index (χ4v) is 3.18. The SMILES string of the molecule is COCCN1CCCC1CNCc1ccc(CSC(F)F)o1. The number of furan rings is 1. The maximum Gasteiger partial charge on any atom is 0.284 e. The molecule has 0 spiro atoms. The number of ether oxygens (including phenoxy) is 1. The van der Waals surface area contributed by atoms with Crippen LogP contribution in [0.25, 0.3) is 0 Å². The molecule has 1 saturated heterocycles. The molecular formula is C15H24F2N2O2S. The van der Waals surface area contributed by atoms with Gasteiger partial charge in [-0.25, -0.2) is 0 Å². The Bertz CT molecular complexity index is 431. The number of hydrogen-bond acceptors (Lipinski definition) is 5. The second-order valence-corrected chi connectivity index (χ2v) is 6.37. The van der Waals surface area contributed by atoms with Crippen molar-refractivity contribution in [2.45, 2.75) is 36.9 Å². The molecule has 1 aliphatic rings. The van der Waals surface area contributed by atoms with E-state index in [1.165, 1.54) is 12.8 Å². The van der Waals surface area contributed by atoms with Crippen molar-refractivity contribution in [3.63, 3.8) is 0 Å². The average molecular weight is 334 g/mol. The molecule has 2 rings (SSSR count). The topological polar surface area (TPSA) is 37.6 Å². The van der Waals surface area contributed by atoms with Gasteiger partial charge >= 0.3 is 0 Å². The Hall–Kier alpha value is -0.630. The van der Waals surface area contributed by atoms with Gasteiger partial charge in [0.25, 0.3) is 5.76 Å². The summed E-state index contributed by atoms with van der Waals surface area (Å²) in [6, 6.07) is 4.16. The van der Waals surface area contributed by atoms with E-state index >= 15 is 0 Å². The van der Waals surface area contributed by atoms with Crippen molar-refractivity contribution in [2.75, 3.05) is 33.4 Å². The molecule has 126 valence electrons. The number of likely N-dealkylation sites (tertiary alicyclic amines) is 1. The van der Waals surface area contributed by atoms with E-state index in [9.17, 15) is 8.78 Å². The summed E-state index contributed by atoms with van der Waals surface area (Å²) in [6.45, 7) is 4.41. The van der Waals surface area contributed by atoms with Gasteiger partial charge in [0.2, 0.25) is 0 Å². The summed E-state index contributed by atoms with van der Waals surface area (Å²) in [4.78, 5) is 2.45. The molecule has 4 nitrogen and oxygen atoms in total. The van der Waals surface area contributed by atoms with E-state index in [-0.39, 0.29) is 5.75 Å². The highest BCUT2D eigenvalue weighted by molar-refractivity contribution is 7.98. The Labute approximate surface area is 134 Å². The molecule has 22 heavy (non-hydrogen) atoms. The molecular weight excluding hydrogens is 310 g/mol. The first-order valence-corrected chi connectivity index (χ1v) is 8.65. The highest BCUT2D eigenvalue weighted by atomic mass is 32.2. The van der Waals surface area contributed by atoms with E-state index in [4.69, 9.17) is 9.15 Å². The van der Waals surface area contributed by atoms with Crippen LogP contribution in [0.2, 0.25) is 0 Å². The number of nitrogens with one attached hydrogen (secondary N) is 1. The minimum atomic E-state index is -2.35. The lowest BCUT2D eigenvalue weighted by Crippen LogP contribution is -2.39. The smallest absolute Gasteiger partial charge is 0.284 e. The van der Waals surface area contributed by atoms with Crippen LogP contribution in [0.15, 0.2) is 16.5 Å². The monoisotopic (exact) mass is 334 g/mol. The van der Waals surface area contributed by atoms with Gasteiger partial charge in [-0.2, -0.15) is 8.78 Å². The van der Waals surface area contributed by atoms with Crippen LogP contribution in [0.1, 0.15) is 24.4 Å². The molecule has 0 amide bonds. The second-order valence-electron chi connectivity index (χ2n) is 5.40. The molecule has 0 bridgehead atoms. The number of nitrogens with zero attached hydrogens (tertiary/aromatic N) is 1. The van der Waals surface area contributed by atoms with Crippen molar-refractivity contribution < 1.29 is 17.9 Å². The molecule has 0 aliphatic carbocycles. The molecule has 1 aromatic heterocycles. The molecule has 1 aliphatic heterocycles. The van der Waals surface area contributed by atoms with Crippen LogP contribution < -0.4 is 5.32 Å². The number of halogens is 2. The molecule has 0 radical (unpaired) electrons. The van der Waals surface area contributed by atoms with Crippen LogP contribution in [0.4, 0.5) is 8.78 Å². The van der Waals surface area contributed by atoms with Crippen LogP contribution in [0.3, 0.4) is 0 Å². The van der Waals surface area contributed by atoms with Gasteiger partial charge in [-0.15, -0.1) is 0 Å². The molecule has 1 N–H and O–H groups in total. The van der Waals surface area contributed by atoms with Crippen LogP contribution >= 0.6 is 11.8 Å². The Morgan fingerprint density at radius 2 is 2.27 bits per heavy atom. The maximum absolute atomic E-state index is 12.1. The first kappa shape index (κ1) is 17.7. The third kappa shape index (κ3) is 5.87. The predicted octanol–water partition coefficient (Wildman–Crippen LogP) is 2.94. The van der Waals surface area contributed by atoms with Gasteiger partial charge in [-0.05, 0) is 31.5 Å². The van der Waals surface area contributed by atoms with Gasteiger partial charge in [-0.3, -0.25) is 4.90 Å². The van der Waals surface area contributed by atoms with E-state index in [0.29, 0.717) is 30.1 Å². The third-order valence-corrected chi connectivity index (χ3v) is 4.53. The van der Waals surface area contributed by atoms with Gasteiger partial charge in [0, 0.05) is 26.2 Å². The van der Waals surface area contributed by atoms with Crippen molar-refractivity contribution >= 4 is 11.8 Å². The standard InChI is InChI=1S/C15H24F2N2O2S/c1-20-8-7-19-6-2-3-12(19)9-18-10-13-4-5-14(21-13)11-22-15(16)17/h4-5,12,15,18H,2-3,6-11H2,1H3. The van der Waals surface area contributed by atoms with Crippen LogP contribution in [-0.4, -0.2) is 50.1 Å². The molecule has 7 heteroatoms. The Morgan fingerprint density at radius 3 is 3.05 bits per heavy atom. The van der Waals surface area contributed by atoms with Crippen LogP contribution in [0, 0.1) is 0 Å². The van der Waals surface area contributed by atoms with Crippen LogP contribution in [-0.2, 0) is 17.0 Å². The lowest BCUT2D eigenvalue weighted by molar-refractivity contribution is 0.140. The summed E-state index contributed by atoms with van der Waals surface area (Å²) in [6.07, 6.45) is 2.43. The fourth-order valence-electron chi connectivity index (χ4n) is 2.73. The average Bonchev–Trinajstić information content (AvgIpc) is 3.12. The van der Waals surface area contributed by atoms with E-state index < -0.39 is 5.76 Å². The third-order valence-electron chi connectivity index (χ3n) is 3.83. The Morgan fingerprint density at radius 1 is 1.45 bits per heavy atom. The minimum Gasteiger partial charge on any atom is -0.464 e. The van der Waals surface area contributed by atoms with Crippen molar-refractivity contribution in [1.82, 2.24) is 10.2 Å². The first-order valence-electron chi connectivity index (χ1n) is 7.60. The Kier molecular flexibility index (Phi) is 7.65. The number of rotatable bonds is 10. The zero-order chi connectivity index (χ0) is 15.8. The summed E-state index contributed by atoms with van der Waals surface area (Å²) >= 11 is 0.584. The van der Waals surface area contributed by atoms with Crippen molar-refractivity contribution in [3.8, 4) is 0 Å². The molecule has 0 aromatic carbocycles. The summed E-state index contributed by atoms with van der Waals surface area (Å²) < 4.78 is 34.9. The summed E-state index contributed by atoms with van der Waals surface area (Å²) in [7, 11) is 1.73. The zero-order valence-electron chi connectivity index (χ0n) is 12.9. The van der Waals surface area contributed by atoms with Gasteiger partial charge in [0.1, 0.15) is 11.5 Å². The fraction of sp³-hybridized carbons (Fsp3) is 0.733. The van der Waals surface area contributed by atoms with Gasteiger partial charge in [0.05, 0.1) is 18.9 Å². The van der Waals surface area contributed by atoms with Crippen LogP contribution in [0.5, 0.6) is 0 Å². The zero-order valence-corrected chi connectivity index (χ0v) is 13.7. The highest BCUT2D eigenvalue weighted by Crippen LogP contribution is 2.21. The lowest BCUT2D eigenvalue weighted by Gasteiger charge is -2.24. The van der Waals surface area contributed by atoms with Crippen molar-refractivity contribution in [1.29, 1.82) is 0 Å². The van der Waals surface area contributed by atoms with Gasteiger partial charge < -0.3 is 14.5 Å². The van der Waals surface area contributed by atoms with E-state index in [0.717, 1.165) is 32.0 Å². The number of hydrogen-bond donors (Lipinski definition) is 1. The minimum absolute atomic E-state index is 0.213. The van der Waals surface area contributed by atoms with E-state index in [1.807, 2.05) is 6.07 Å². The lowest BCUT2D eigenvalue weighted by atomic mass is 10.2. The summed E-state index contributed by atoms with van der Waals surface area (Å²) in [5.41, 5.74) is 0.